The lowest BCUT2D eigenvalue weighted by Crippen LogP contribution is -2.46. The maximum atomic E-state index is 12.5. The molecule has 2 amide bonds. The van der Waals surface area contributed by atoms with Gasteiger partial charge in [0, 0.05) is 25.5 Å². The van der Waals surface area contributed by atoms with E-state index in [1.807, 2.05) is 24.1 Å². The molecular weight excluding hydrogens is 314 g/mol. The van der Waals surface area contributed by atoms with Crippen molar-refractivity contribution < 1.29 is 9.53 Å². The number of amides is 2. The number of urea groups is 1. The van der Waals surface area contributed by atoms with Crippen molar-refractivity contribution in [3.05, 3.63) is 65.0 Å². The van der Waals surface area contributed by atoms with Gasteiger partial charge in [-0.05, 0) is 35.6 Å². The number of benzene rings is 1. The number of morpholine rings is 1. The minimum atomic E-state index is -0.0638. The van der Waals surface area contributed by atoms with Gasteiger partial charge in [0.25, 0.3) is 0 Å². The molecule has 3 rings (SSSR count). The van der Waals surface area contributed by atoms with E-state index in [0.29, 0.717) is 26.2 Å². The molecule has 2 aromatic rings. The second kappa shape index (κ2) is 8.12. The van der Waals surface area contributed by atoms with Gasteiger partial charge in [0.2, 0.25) is 0 Å². The average Bonchev–Trinajstić information content (AvgIpc) is 2.66. The van der Waals surface area contributed by atoms with Crippen molar-refractivity contribution in [2.24, 2.45) is 0 Å². The van der Waals surface area contributed by atoms with Crippen molar-refractivity contribution in [3.63, 3.8) is 0 Å². The highest BCUT2D eigenvalue weighted by atomic mass is 16.5. The van der Waals surface area contributed by atoms with E-state index < -0.39 is 0 Å². The predicted molar refractivity (Wildman–Crippen MR) is 97.3 cm³/mol. The highest BCUT2D eigenvalue weighted by Gasteiger charge is 2.25. The summed E-state index contributed by atoms with van der Waals surface area (Å²) in [5, 5.41) is 2.98. The van der Waals surface area contributed by atoms with Crippen LogP contribution in [0, 0.1) is 6.92 Å². The van der Waals surface area contributed by atoms with E-state index in [2.05, 4.69) is 41.5 Å². The zero-order chi connectivity index (χ0) is 17.6. The van der Waals surface area contributed by atoms with E-state index in [0.717, 1.165) is 23.1 Å². The highest BCUT2D eigenvalue weighted by Crippen LogP contribution is 2.22. The van der Waals surface area contributed by atoms with Crippen LogP contribution >= 0.6 is 0 Å². The van der Waals surface area contributed by atoms with Crippen LogP contribution in [0.5, 0.6) is 0 Å². The molecule has 132 valence electrons. The second-order valence-electron chi connectivity index (χ2n) is 6.43. The molecule has 1 fully saturated rings. The molecule has 5 heteroatoms. The summed E-state index contributed by atoms with van der Waals surface area (Å²) in [5.74, 6) is 0. The number of carbonyl (C=O) groups excluding carboxylic acids is 1. The molecule has 1 atom stereocenters. The lowest BCUT2D eigenvalue weighted by Gasteiger charge is -2.33. The lowest BCUT2D eigenvalue weighted by molar-refractivity contribution is -0.0154. The first-order valence-electron chi connectivity index (χ1n) is 8.79. The quantitative estimate of drug-likeness (QED) is 0.930. The molecule has 1 unspecified atom stereocenters. The molecule has 1 aromatic heterocycles. The molecular formula is C20H25N3O2. The third kappa shape index (κ3) is 4.57. The van der Waals surface area contributed by atoms with Gasteiger partial charge in [-0.15, -0.1) is 0 Å². The fraction of sp³-hybridized carbons (Fsp3) is 0.400. The number of aromatic nitrogens is 1. The molecule has 1 aliphatic rings. The SMILES string of the molecule is CCc1ccc(C2CN(C(=O)NCc3cncc(C)c3)CCO2)cc1. The van der Waals surface area contributed by atoms with Crippen molar-refractivity contribution in [2.45, 2.75) is 32.9 Å². The van der Waals surface area contributed by atoms with Crippen LogP contribution in [-0.2, 0) is 17.7 Å². The first kappa shape index (κ1) is 17.4. The Labute approximate surface area is 149 Å². The molecule has 0 aliphatic carbocycles. The molecule has 2 heterocycles. The number of hydrogen-bond donors (Lipinski definition) is 1. The Balaban J connectivity index is 1.57. The van der Waals surface area contributed by atoms with E-state index in [-0.39, 0.29) is 12.1 Å². The Bertz CT molecular complexity index is 715. The van der Waals surface area contributed by atoms with Crippen LogP contribution in [0.4, 0.5) is 4.79 Å². The maximum absolute atomic E-state index is 12.5. The summed E-state index contributed by atoms with van der Waals surface area (Å²) in [7, 11) is 0. The number of ether oxygens (including phenoxy) is 1. The van der Waals surface area contributed by atoms with Crippen molar-refractivity contribution in [1.29, 1.82) is 0 Å². The van der Waals surface area contributed by atoms with Gasteiger partial charge < -0.3 is 15.0 Å². The van der Waals surface area contributed by atoms with E-state index in [4.69, 9.17) is 4.74 Å². The van der Waals surface area contributed by atoms with Crippen molar-refractivity contribution in [1.82, 2.24) is 15.2 Å². The van der Waals surface area contributed by atoms with Gasteiger partial charge in [0.05, 0.1) is 13.2 Å². The Morgan fingerprint density at radius 2 is 2.08 bits per heavy atom. The molecule has 25 heavy (non-hydrogen) atoms. The first-order chi connectivity index (χ1) is 12.2. The molecule has 1 aliphatic heterocycles. The summed E-state index contributed by atoms with van der Waals surface area (Å²) in [6.07, 6.45) is 4.55. The van der Waals surface area contributed by atoms with Gasteiger partial charge >= 0.3 is 6.03 Å². The van der Waals surface area contributed by atoms with Gasteiger partial charge in [-0.25, -0.2) is 4.79 Å². The Kier molecular flexibility index (Phi) is 5.66. The number of rotatable bonds is 4. The Morgan fingerprint density at radius 1 is 1.28 bits per heavy atom. The van der Waals surface area contributed by atoms with Gasteiger partial charge in [0.1, 0.15) is 6.10 Å². The van der Waals surface area contributed by atoms with Crippen LogP contribution in [-0.4, -0.2) is 35.6 Å². The van der Waals surface area contributed by atoms with Crippen molar-refractivity contribution >= 4 is 6.03 Å². The lowest BCUT2D eigenvalue weighted by atomic mass is 10.0. The standard InChI is InChI=1S/C20H25N3O2/c1-3-16-4-6-18(7-5-16)19-14-23(8-9-25-19)20(24)22-13-17-10-15(2)11-21-12-17/h4-7,10-12,19H,3,8-9,13-14H2,1-2H3,(H,22,24). The molecule has 0 saturated carbocycles. The van der Waals surface area contributed by atoms with E-state index in [9.17, 15) is 4.79 Å². The molecule has 5 nitrogen and oxygen atoms in total. The van der Waals surface area contributed by atoms with Gasteiger partial charge in [-0.1, -0.05) is 37.3 Å². The summed E-state index contributed by atoms with van der Waals surface area (Å²) in [6, 6.07) is 10.4. The smallest absolute Gasteiger partial charge is 0.317 e. The van der Waals surface area contributed by atoms with Crippen LogP contribution in [0.1, 0.15) is 35.3 Å². The summed E-state index contributed by atoms with van der Waals surface area (Å²) >= 11 is 0. The van der Waals surface area contributed by atoms with Gasteiger partial charge in [-0.2, -0.15) is 0 Å². The summed E-state index contributed by atoms with van der Waals surface area (Å²) < 4.78 is 5.86. The Morgan fingerprint density at radius 3 is 2.80 bits per heavy atom. The summed E-state index contributed by atoms with van der Waals surface area (Å²) in [6.45, 7) is 6.36. The number of pyridine rings is 1. The van der Waals surface area contributed by atoms with Crippen LogP contribution in [0.3, 0.4) is 0 Å². The summed E-state index contributed by atoms with van der Waals surface area (Å²) in [4.78, 5) is 18.5. The van der Waals surface area contributed by atoms with Crippen molar-refractivity contribution in [3.8, 4) is 0 Å². The van der Waals surface area contributed by atoms with Crippen LogP contribution in [0.15, 0.2) is 42.7 Å². The third-order valence-electron chi connectivity index (χ3n) is 4.49. The molecule has 1 aromatic carbocycles. The predicted octanol–water partition coefficient (Wildman–Crippen LogP) is 3.24. The second-order valence-corrected chi connectivity index (χ2v) is 6.43. The zero-order valence-corrected chi connectivity index (χ0v) is 14.9. The van der Waals surface area contributed by atoms with Crippen LogP contribution in [0.2, 0.25) is 0 Å². The molecule has 0 spiro atoms. The molecule has 1 N–H and O–H groups in total. The largest absolute Gasteiger partial charge is 0.370 e. The number of nitrogens with zero attached hydrogens (tertiary/aromatic N) is 2. The first-order valence-corrected chi connectivity index (χ1v) is 8.79. The Hall–Kier alpha value is -2.40. The van der Waals surface area contributed by atoms with E-state index in [1.54, 1.807) is 6.20 Å². The minimum absolute atomic E-state index is 0.0556. The fourth-order valence-electron chi connectivity index (χ4n) is 3.01. The van der Waals surface area contributed by atoms with Gasteiger partial charge in [0.15, 0.2) is 0 Å². The number of carbonyl (C=O) groups is 1. The highest BCUT2D eigenvalue weighted by molar-refractivity contribution is 5.74. The monoisotopic (exact) mass is 339 g/mol. The zero-order valence-electron chi connectivity index (χ0n) is 14.9. The molecule has 0 radical (unpaired) electrons. The van der Waals surface area contributed by atoms with Gasteiger partial charge in [-0.3, -0.25) is 4.98 Å². The van der Waals surface area contributed by atoms with Crippen molar-refractivity contribution in [2.75, 3.05) is 19.7 Å². The third-order valence-corrected chi connectivity index (χ3v) is 4.49. The van der Waals surface area contributed by atoms with Crippen LogP contribution in [0.25, 0.3) is 0 Å². The van der Waals surface area contributed by atoms with E-state index in [1.165, 1.54) is 5.56 Å². The number of nitrogens with one attached hydrogen (secondary N) is 1. The number of hydrogen-bond acceptors (Lipinski definition) is 3. The normalized spacial score (nSPS) is 17.4. The minimum Gasteiger partial charge on any atom is -0.370 e. The van der Waals surface area contributed by atoms with E-state index >= 15 is 0 Å². The number of aryl methyl sites for hydroxylation is 2. The average molecular weight is 339 g/mol. The molecule has 0 bridgehead atoms. The van der Waals surface area contributed by atoms with Crippen LogP contribution < -0.4 is 5.32 Å². The molecule has 1 saturated heterocycles. The topological polar surface area (TPSA) is 54.5 Å². The summed E-state index contributed by atoms with van der Waals surface area (Å²) in [5.41, 5.74) is 4.53. The fourth-order valence-corrected chi connectivity index (χ4v) is 3.01. The maximum Gasteiger partial charge on any atom is 0.317 e.